The van der Waals surface area contributed by atoms with E-state index < -0.39 is 5.97 Å². The molecule has 2 aliphatic rings. The molecule has 4 heterocycles. The highest BCUT2D eigenvalue weighted by molar-refractivity contribution is 7.80. The lowest BCUT2D eigenvalue weighted by Gasteiger charge is -2.37. The molecular formula is C33H33ClN4O3S. The number of anilines is 2. The van der Waals surface area contributed by atoms with Crippen molar-refractivity contribution < 1.29 is 13.9 Å². The second-order valence-electron chi connectivity index (χ2n) is 11.3. The molecule has 2 aromatic carbocycles. The Morgan fingerprint density at radius 3 is 2.57 bits per heavy atom. The molecule has 7 nitrogen and oxygen atoms in total. The van der Waals surface area contributed by atoms with Gasteiger partial charge in [0.05, 0.1) is 35.1 Å². The Kier molecular flexibility index (Phi) is 7.92. The molecule has 2 saturated heterocycles. The van der Waals surface area contributed by atoms with Gasteiger partial charge in [0.25, 0.3) is 0 Å². The summed E-state index contributed by atoms with van der Waals surface area (Å²) >= 11 is 12.9. The van der Waals surface area contributed by atoms with Gasteiger partial charge in [0, 0.05) is 30.5 Å². The van der Waals surface area contributed by atoms with Gasteiger partial charge in [0.1, 0.15) is 17.6 Å². The molecule has 6 rings (SSSR count). The number of carbonyl (C=O) groups excluding carboxylic acids is 1. The molecule has 1 N–H and O–H groups in total. The summed E-state index contributed by atoms with van der Waals surface area (Å²) in [6, 6.07) is 22.5. The maximum Gasteiger partial charge on any atom is 0.337 e. The van der Waals surface area contributed by atoms with Crippen molar-refractivity contribution in [2.75, 3.05) is 30.0 Å². The van der Waals surface area contributed by atoms with E-state index in [2.05, 4.69) is 46.1 Å². The van der Waals surface area contributed by atoms with Crippen LogP contribution >= 0.6 is 23.8 Å². The van der Waals surface area contributed by atoms with Crippen LogP contribution in [0.1, 0.15) is 54.2 Å². The predicted octanol–water partition coefficient (Wildman–Crippen LogP) is 7.44. The molecule has 2 aromatic heterocycles. The van der Waals surface area contributed by atoms with E-state index in [4.69, 9.17) is 33.0 Å². The van der Waals surface area contributed by atoms with Crippen LogP contribution in [0.3, 0.4) is 0 Å². The summed E-state index contributed by atoms with van der Waals surface area (Å²) in [5, 5.41) is 4.73. The Labute approximate surface area is 256 Å². The number of esters is 1. The third-order valence-corrected chi connectivity index (χ3v) is 8.62. The second kappa shape index (κ2) is 11.8. The minimum atomic E-state index is -0.399. The Hall–Kier alpha value is -3.88. The van der Waals surface area contributed by atoms with Crippen LogP contribution in [0, 0.1) is 11.8 Å². The SMILES string of the molecule is COC(=O)c1cccc(-c2ccc([C@@H]3[C@@H](c4ccccn4)NC(=S)N3c3ccc(N4C[C@H](C)C[C@H](C)C4)c(Cl)c3)o2)c1. The van der Waals surface area contributed by atoms with Crippen LogP contribution < -0.4 is 15.1 Å². The zero-order chi connectivity index (χ0) is 29.4. The molecule has 0 bridgehead atoms. The molecule has 42 heavy (non-hydrogen) atoms. The Bertz CT molecular complexity index is 1600. The highest BCUT2D eigenvalue weighted by Crippen LogP contribution is 2.44. The van der Waals surface area contributed by atoms with Gasteiger partial charge in [-0.25, -0.2) is 4.79 Å². The number of thiocarbonyl (C=S) groups is 1. The Morgan fingerprint density at radius 1 is 1.05 bits per heavy atom. The normalized spacial score (nSPS) is 22.2. The first kappa shape index (κ1) is 28.2. The molecule has 0 aliphatic carbocycles. The maximum absolute atomic E-state index is 12.1. The third kappa shape index (κ3) is 5.49. The number of rotatable bonds is 6. The number of furan rings is 1. The largest absolute Gasteiger partial charge is 0.465 e. The number of benzene rings is 2. The van der Waals surface area contributed by atoms with Crippen molar-refractivity contribution in [3.8, 4) is 11.3 Å². The van der Waals surface area contributed by atoms with E-state index in [-0.39, 0.29) is 12.1 Å². The number of halogens is 1. The molecule has 0 unspecified atom stereocenters. The number of ether oxygens (including phenoxy) is 1. The van der Waals surface area contributed by atoms with Gasteiger partial charge in [0.15, 0.2) is 5.11 Å². The number of methoxy groups -OCH3 is 1. The van der Waals surface area contributed by atoms with Crippen molar-refractivity contribution in [2.45, 2.75) is 32.4 Å². The molecule has 9 heteroatoms. The van der Waals surface area contributed by atoms with Crippen LogP contribution in [0.5, 0.6) is 0 Å². The van der Waals surface area contributed by atoms with Gasteiger partial charge < -0.3 is 24.3 Å². The quantitative estimate of drug-likeness (QED) is 0.181. The molecular weight excluding hydrogens is 568 g/mol. The zero-order valence-electron chi connectivity index (χ0n) is 23.8. The molecule has 216 valence electrons. The summed E-state index contributed by atoms with van der Waals surface area (Å²) in [4.78, 5) is 21.2. The van der Waals surface area contributed by atoms with E-state index in [0.29, 0.717) is 39.1 Å². The highest BCUT2D eigenvalue weighted by atomic mass is 35.5. The zero-order valence-corrected chi connectivity index (χ0v) is 25.4. The van der Waals surface area contributed by atoms with Crippen molar-refractivity contribution in [1.29, 1.82) is 0 Å². The molecule has 2 aliphatic heterocycles. The molecule has 0 spiro atoms. The van der Waals surface area contributed by atoms with Crippen LogP contribution in [0.2, 0.25) is 5.02 Å². The van der Waals surface area contributed by atoms with Crippen molar-refractivity contribution in [1.82, 2.24) is 10.3 Å². The topological polar surface area (TPSA) is 70.8 Å². The van der Waals surface area contributed by atoms with Crippen LogP contribution in [-0.4, -0.2) is 36.3 Å². The summed E-state index contributed by atoms with van der Waals surface area (Å²) in [5.41, 5.74) is 3.98. The van der Waals surface area contributed by atoms with E-state index in [1.165, 1.54) is 13.5 Å². The van der Waals surface area contributed by atoms with E-state index in [9.17, 15) is 4.79 Å². The molecule has 4 atom stereocenters. The van der Waals surface area contributed by atoms with Crippen LogP contribution in [0.15, 0.2) is 83.4 Å². The fourth-order valence-electron chi connectivity index (χ4n) is 6.27. The van der Waals surface area contributed by atoms with E-state index in [1.54, 1.807) is 18.3 Å². The van der Waals surface area contributed by atoms with Crippen LogP contribution in [0.4, 0.5) is 11.4 Å². The van der Waals surface area contributed by atoms with E-state index in [1.807, 2.05) is 48.5 Å². The first-order valence-electron chi connectivity index (χ1n) is 14.2. The number of aromatic nitrogens is 1. The van der Waals surface area contributed by atoms with Crippen molar-refractivity contribution in [3.63, 3.8) is 0 Å². The van der Waals surface area contributed by atoms with Gasteiger partial charge in [-0.05, 0) is 85.1 Å². The lowest BCUT2D eigenvalue weighted by atomic mass is 9.91. The summed E-state index contributed by atoms with van der Waals surface area (Å²) in [6.07, 6.45) is 3.01. The van der Waals surface area contributed by atoms with Crippen LogP contribution in [0.25, 0.3) is 11.3 Å². The number of hydrogen-bond donors (Lipinski definition) is 1. The molecule has 0 amide bonds. The fourth-order valence-corrected chi connectivity index (χ4v) is 6.91. The molecule has 2 fully saturated rings. The third-order valence-electron chi connectivity index (χ3n) is 8.00. The lowest BCUT2D eigenvalue weighted by molar-refractivity contribution is 0.0601. The van der Waals surface area contributed by atoms with E-state index >= 15 is 0 Å². The second-order valence-corrected chi connectivity index (χ2v) is 12.1. The standard InChI is InChI=1S/C33H33ClN4O3S/c1-20-15-21(2)19-37(18-20)27-11-10-24(17-25(27)34)38-31(30(36-33(38)42)26-9-4-5-14-35-26)29-13-12-28(41-29)22-7-6-8-23(16-22)32(39)40-3/h4-14,16-17,20-21,30-31H,15,18-19H2,1-3H3,(H,36,42)/t20-,21+,30-,31-/m1/s1. The van der Waals surface area contributed by atoms with Crippen molar-refractivity contribution >= 4 is 46.3 Å². The van der Waals surface area contributed by atoms with Gasteiger partial charge in [0.2, 0.25) is 0 Å². The number of nitrogens with one attached hydrogen (secondary N) is 1. The number of carbonyl (C=O) groups is 1. The van der Waals surface area contributed by atoms with Crippen LogP contribution in [-0.2, 0) is 4.74 Å². The van der Waals surface area contributed by atoms with Gasteiger partial charge >= 0.3 is 5.97 Å². The minimum absolute atomic E-state index is 0.263. The van der Waals surface area contributed by atoms with Gasteiger partial charge in [-0.15, -0.1) is 0 Å². The lowest BCUT2D eigenvalue weighted by Crippen LogP contribution is -2.38. The number of pyridine rings is 1. The number of hydrogen-bond acceptors (Lipinski definition) is 6. The Morgan fingerprint density at radius 2 is 1.86 bits per heavy atom. The monoisotopic (exact) mass is 600 g/mol. The molecule has 4 aromatic rings. The summed E-state index contributed by atoms with van der Waals surface area (Å²) in [6.45, 7) is 6.57. The summed E-state index contributed by atoms with van der Waals surface area (Å²) in [7, 11) is 1.37. The average molecular weight is 601 g/mol. The number of nitrogens with zero attached hydrogens (tertiary/aromatic N) is 3. The molecule has 0 saturated carbocycles. The fraction of sp³-hybridized carbons (Fsp3) is 0.303. The smallest absolute Gasteiger partial charge is 0.337 e. The first-order chi connectivity index (χ1) is 20.3. The van der Waals surface area contributed by atoms with Crippen molar-refractivity contribution in [2.24, 2.45) is 11.8 Å². The van der Waals surface area contributed by atoms with Gasteiger partial charge in [-0.2, -0.15) is 0 Å². The number of piperidine rings is 1. The predicted molar refractivity (Wildman–Crippen MR) is 170 cm³/mol. The maximum atomic E-state index is 12.1. The summed E-state index contributed by atoms with van der Waals surface area (Å²) in [5.74, 6) is 2.17. The Balaban J connectivity index is 1.38. The van der Waals surface area contributed by atoms with Gasteiger partial charge in [-0.1, -0.05) is 43.6 Å². The van der Waals surface area contributed by atoms with E-state index in [0.717, 1.165) is 35.7 Å². The first-order valence-corrected chi connectivity index (χ1v) is 14.9. The minimum Gasteiger partial charge on any atom is -0.465 e. The summed E-state index contributed by atoms with van der Waals surface area (Å²) < 4.78 is 11.4. The molecule has 0 radical (unpaired) electrons. The highest BCUT2D eigenvalue weighted by Gasteiger charge is 2.43. The van der Waals surface area contributed by atoms with Crippen molar-refractivity contribution in [3.05, 3.63) is 101 Å². The van der Waals surface area contributed by atoms with Gasteiger partial charge in [-0.3, -0.25) is 4.98 Å². The average Bonchev–Trinajstić information content (AvgIpc) is 3.61.